The Morgan fingerprint density at radius 3 is 2.87 bits per heavy atom. The highest BCUT2D eigenvalue weighted by Crippen LogP contribution is 2.18. The Labute approximate surface area is 138 Å². The molecule has 0 aliphatic rings. The highest BCUT2D eigenvalue weighted by atomic mass is 16.6. The summed E-state index contributed by atoms with van der Waals surface area (Å²) in [7, 11) is 3.27. The molecule has 2 unspecified atom stereocenters. The van der Waals surface area contributed by atoms with Gasteiger partial charge in [0.25, 0.3) is 5.91 Å². The number of nitrogens with one attached hydrogen (secondary N) is 1. The van der Waals surface area contributed by atoms with Gasteiger partial charge in [0, 0.05) is 11.6 Å². The normalized spacial score (nSPS) is 13.5. The summed E-state index contributed by atoms with van der Waals surface area (Å²) < 4.78 is 4.67. The first kappa shape index (κ1) is 17.3. The highest BCUT2D eigenvalue weighted by Gasteiger charge is 2.17. The largest absolute Gasteiger partial charge is 0.349 e. The molecule has 0 saturated carbocycles. The smallest absolute Gasteiger partial charge is 0.251 e. The molecule has 1 N–H and O–H groups in total. The summed E-state index contributed by atoms with van der Waals surface area (Å²) in [4.78, 5) is 12.5. The van der Waals surface area contributed by atoms with Crippen LogP contribution >= 0.6 is 0 Å². The Balaban J connectivity index is 2.07. The van der Waals surface area contributed by atoms with Crippen molar-refractivity contribution in [2.75, 3.05) is 0 Å². The van der Waals surface area contributed by atoms with Crippen LogP contribution in [0, 0.1) is 5.92 Å². The van der Waals surface area contributed by atoms with Crippen LogP contribution in [-0.2, 0) is 0 Å². The van der Waals surface area contributed by atoms with Crippen LogP contribution < -0.4 is 5.32 Å². The van der Waals surface area contributed by atoms with Crippen LogP contribution in [0.25, 0.3) is 11.0 Å². The van der Waals surface area contributed by atoms with E-state index in [1.807, 2.05) is 6.92 Å². The second kappa shape index (κ2) is 7.99. The van der Waals surface area contributed by atoms with Crippen molar-refractivity contribution in [1.82, 2.24) is 15.6 Å². The summed E-state index contributed by atoms with van der Waals surface area (Å²) in [5, 5.41) is 10.7. The number of benzene rings is 1. The Morgan fingerprint density at radius 2 is 2.17 bits per heavy atom. The maximum atomic E-state index is 12.5. The molecule has 2 atom stereocenters. The molecule has 0 radical (unpaired) electrons. The molecule has 0 aliphatic carbocycles. The van der Waals surface area contributed by atoms with E-state index < -0.39 is 0 Å². The standard InChI is InChI=1S/C16H23B2N3O2/c1-10(2)11(3)8-13(6-7-18-17)19-16(22)12-4-5-14-15(9-12)21-23-20-14/h4-5,9,11,13,18H,1,6-8,17H2,2-3H3,(H,19,22). The van der Waals surface area contributed by atoms with Gasteiger partial charge in [-0.25, -0.2) is 4.63 Å². The van der Waals surface area contributed by atoms with E-state index in [2.05, 4.69) is 41.5 Å². The van der Waals surface area contributed by atoms with Crippen molar-refractivity contribution in [2.24, 2.45) is 5.92 Å². The lowest BCUT2D eigenvalue weighted by Crippen LogP contribution is -2.36. The van der Waals surface area contributed by atoms with Crippen LogP contribution in [0.2, 0.25) is 6.32 Å². The van der Waals surface area contributed by atoms with Gasteiger partial charge >= 0.3 is 0 Å². The predicted octanol–water partition coefficient (Wildman–Crippen LogP) is 1.72. The first-order chi connectivity index (χ1) is 11.0. The predicted molar refractivity (Wildman–Crippen MR) is 96.8 cm³/mol. The fourth-order valence-corrected chi connectivity index (χ4v) is 2.52. The number of hydrogen-bond donors (Lipinski definition) is 1. The van der Waals surface area contributed by atoms with Crippen LogP contribution in [0.5, 0.6) is 0 Å². The van der Waals surface area contributed by atoms with Gasteiger partial charge in [0.05, 0.1) is 14.9 Å². The third kappa shape index (κ3) is 4.71. The summed E-state index contributed by atoms with van der Waals surface area (Å²) in [5.74, 6) is 0.310. The Kier molecular flexibility index (Phi) is 6.02. The Hall–Kier alpha value is -2.04. The molecular weight excluding hydrogens is 288 g/mol. The average molecular weight is 311 g/mol. The monoisotopic (exact) mass is 311 g/mol. The molecule has 0 fully saturated rings. The molecule has 0 saturated heterocycles. The summed E-state index contributed by atoms with van der Waals surface area (Å²) in [6.07, 6.45) is 2.99. The molecule has 1 heterocycles. The lowest BCUT2D eigenvalue weighted by atomic mass is 9.53. The van der Waals surface area contributed by atoms with Crippen LogP contribution in [0.3, 0.4) is 0 Å². The molecule has 0 spiro atoms. The molecule has 1 aromatic heterocycles. The number of aromatic nitrogens is 2. The van der Waals surface area contributed by atoms with Gasteiger partial charge in [0.15, 0.2) is 0 Å². The van der Waals surface area contributed by atoms with Gasteiger partial charge in [-0.2, -0.15) is 0 Å². The van der Waals surface area contributed by atoms with Crippen molar-refractivity contribution in [2.45, 2.75) is 39.1 Å². The van der Waals surface area contributed by atoms with Crippen molar-refractivity contribution in [3.05, 3.63) is 35.9 Å². The van der Waals surface area contributed by atoms with Crippen LogP contribution in [-0.4, -0.2) is 37.2 Å². The topological polar surface area (TPSA) is 68.0 Å². The number of hydrogen-bond acceptors (Lipinski definition) is 4. The molecule has 120 valence electrons. The van der Waals surface area contributed by atoms with Crippen LogP contribution in [0.1, 0.15) is 37.0 Å². The molecular formula is C16H23B2N3O2. The summed E-state index contributed by atoms with van der Waals surface area (Å²) >= 11 is 0. The van der Waals surface area contributed by atoms with Crippen LogP contribution in [0.4, 0.5) is 0 Å². The molecule has 0 bridgehead atoms. The highest BCUT2D eigenvalue weighted by molar-refractivity contribution is 6.89. The van der Waals surface area contributed by atoms with E-state index >= 15 is 0 Å². The lowest BCUT2D eigenvalue weighted by molar-refractivity contribution is 0.0931. The van der Waals surface area contributed by atoms with Crippen molar-refractivity contribution in [3.63, 3.8) is 0 Å². The molecule has 5 nitrogen and oxygen atoms in total. The molecule has 23 heavy (non-hydrogen) atoms. The van der Waals surface area contributed by atoms with E-state index in [1.165, 1.54) is 0 Å². The van der Waals surface area contributed by atoms with Crippen molar-refractivity contribution in [1.29, 1.82) is 0 Å². The van der Waals surface area contributed by atoms with E-state index in [0.717, 1.165) is 31.9 Å². The maximum Gasteiger partial charge on any atom is 0.251 e. The minimum atomic E-state index is -0.0788. The number of fused-ring (bicyclic) bond motifs is 1. The third-order valence-corrected chi connectivity index (χ3v) is 4.24. The third-order valence-electron chi connectivity index (χ3n) is 4.24. The van der Waals surface area contributed by atoms with E-state index in [9.17, 15) is 4.79 Å². The molecule has 2 rings (SSSR count). The van der Waals surface area contributed by atoms with Crippen molar-refractivity contribution >= 4 is 31.8 Å². The number of carbonyl (C=O) groups is 1. The Morgan fingerprint density at radius 1 is 1.43 bits per heavy atom. The van der Waals surface area contributed by atoms with Gasteiger partial charge in [0.2, 0.25) is 0 Å². The Bertz CT molecular complexity index is 687. The van der Waals surface area contributed by atoms with E-state index in [1.54, 1.807) is 18.2 Å². The number of carbonyl (C=O) groups excluding carboxylic acids is 1. The van der Waals surface area contributed by atoms with Gasteiger partial charge in [-0.3, -0.25) is 4.79 Å². The number of amides is 1. The molecule has 1 aromatic carbocycles. The fraction of sp³-hybridized carbons (Fsp3) is 0.438. The van der Waals surface area contributed by atoms with E-state index in [4.69, 9.17) is 0 Å². The van der Waals surface area contributed by atoms with Gasteiger partial charge in [0.1, 0.15) is 11.0 Å². The zero-order valence-electron chi connectivity index (χ0n) is 14.1. The SMILES string of the molecule is BBCCC(CC(C)C(=C)C)NC(=O)c1ccc2nonc2c1. The first-order valence-electron chi connectivity index (χ1n) is 8.19. The number of nitrogens with zero attached hydrogens (tertiary/aromatic N) is 2. The molecule has 0 aliphatic heterocycles. The number of allylic oxidation sites excluding steroid dienone is 1. The molecule has 2 aromatic rings. The van der Waals surface area contributed by atoms with E-state index in [0.29, 0.717) is 22.5 Å². The van der Waals surface area contributed by atoms with Gasteiger partial charge in [-0.1, -0.05) is 25.4 Å². The van der Waals surface area contributed by atoms with Crippen molar-refractivity contribution in [3.8, 4) is 0 Å². The summed E-state index contributed by atoms with van der Waals surface area (Å²) in [6.45, 7) is 8.21. The minimum absolute atomic E-state index is 0.0788. The summed E-state index contributed by atoms with van der Waals surface area (Å²) in [6, 6.07) is 5.36. The van der Waals surface area contributed by atoms with Crippen LogP contribution in [0.15, 0.2) is 35.0 Å². The van der Waals surface area contributed by atoms with Gasteiger partial charge in [-0.05, 0) is 54.2 Å². The molecule has 1 amide bonds. The van der Waals surface area contributed by atoms with Gasteiger partial charge in [-0.15, -0.1) is 0 Å². The number of rotatable bonds is 8. The maximum absolute atomic E-state index is 12.5. The second-order valence-electron chi connectivity index (χ2n) is 6.26. The lowest BCUT2D eigenvalue weighted by Gasteiger charge is -2.22. The molecule has 7 heteroatoms. The summed E-state index contributed by atoms with van der Waals surface area (Å²) in [5.41, 5.74) is 2.98. The fourth-order valence-electron chi connectivity index (χ4n) is 2.52. The van der Waals surface area contributed by atoms with E-state index in [-0.39, 0.29) is 11.9 Å². The minimum Gasteiger partial charge on any atom is -0.349 e. The second-order valence-corrected chi connectivity index (χ2v) is 6.26. The quantitative estimate of drug-likeness (QED) is 0.595. The first-order valence-corrected chi connectivity index (χ1v) is 8.19. The zero-order valence-corrected chi connectivity index (χ0v) is 14.1. The van der Waals surface area contributed by atoms with Gasteiger partial charge < -0.3 is 5.32 Å². The van der Waals surface area contributed by atoms with Crippen molar-refractivity contribution < 1.29 is 9.42 Å². The zero-order chi connectivity index (χ0) is 16.8. The average Bonchev–Trinajstić information content (AvgIpc) is 2.99.